The fraction of sp³-hybridized carbons (Fsp3) is 0.280. The highest BCUT2D eigenvalue weighted by molar-refractivity contribution is 5.93. The summed E-state index contributed by atoms with van der Waals surface area (Å²) < 4.78 is 19.5. The number of hydrogen-bond acceptors (Lipinski definition) is 3. The Labute approximate surface area is 180 Å². The number of aromatic nitrogens is 1. The van der Waals surface area contributed by atoms with Gasteiger partial charge in [-0.05, 0) is 48.2 Å². The predicted octanol–water partition coefficient (Wildman–Crippen LogP) is 4.90. The lowest BCUT2D eigenvalue weighted by molar-refractivity contribution is -0.140. The molecule has 1 amide bonds. The van der Waals surface area contributed by atoms with Gasteiger partial charge in [-0.15, -0.1) is 0 Å². The standard InChI is InChI=1S/C25H24FN3O2/c1-16(2)24(31-23-6-4-3-5-18(23)14-27)25(30)29-11-9-17(10-12-29)21-15-28-22-13-19(26)7-8-20(21)22/h3-9,13,15-16,24,28H,10-12H2,1-2H3. The minimum Gasteiger partial charge on any atom is -0.479 e. The summed E-state index contributed by atoms with van der Waals surface area (Å²) >= 11 is 0. The zero-order valence-electron chi connectivity index (χ0n) is 17.6. The number of benzene rings is 2. The topological polar surface area (TPSA) is 69.1 Å². The molecule has 4 rings (SSSR count). The van der Waals surface area contributed by atoms with Crippen LogP contribution >= 0.6 is 0 Å². The van der Waals surface area contributed by atoms with Crippen LogP contribution < -0.4 is 4.74 Å². The summed E-state index contributed by atoms with van der Waals surface area (Å²) in [4.78, 5) is 18.1. The maximum absolute atomic E-state index is 13.5. The molecule has 0 saturated heterocycles. The van der Waals surface area contributed by atoms with Gasteiger partial charge in [0.15, 0.2) is 6.10 Å². The van der Waals surface area contributed by atoms with Crippen molar-refractivity contribution in [3.05, 3.63) is 71.7 Å². The third-order valence-electron chi connectivity index (χ3n) is 5.62. The first kappa shape index (κ1) is 20.7. The van der Waals surface area contributed by atoms with E-state index in [4.69, 9.17) is 4.74 Å². The number of carbonyl (C=O) groups excluding carboxylic acids is 1. The number of H-pyrrole nitrogens is 1. The highest BCUT2D eigenvalue weighted by Crippen LogP contribution is 2.30. The van der Waals surface area contributed by atoms with E-state index in [-0.39, 0.29) is 17.6 Å². The molecule has 1 aliphatic rings. The van der Waals surface area contributed by atoms with Crippen molar-refractivity contribution in [1.82, 2.24) is 9.88 Å². The van der Waals surface area contributed by atoms with Gasteiger partial charge < -0.3 is 14.6 Å². The minimum absolute atomic E-state index is 0.0480. The van der Waals surface area contributed by atoms with Gasteiger partial charge in [-0.25, -0.2) is 4.39 Å². The van der Waals surface area contributed by atoms with Crippen LogP contribution in [-0.2, 0) is 4.79 Å². The third kappa shape index (κ3) is 4.17. The van der Waals surface area contributed by atoms with Crippen LogP contribution in [-0.4, -0.2) is 35.0 Å². The van der Waals surface area contributed by atoms with E-state index in [0.717, 1.165) is 22.0 Å². The van der Waals surface area contributed by atoms with Crippen molar-refractivity contribution in [3.8, 4) is 11.8 Å². The molecule has 0 spiro atoms. The first-order valence-electron chi connectivity index (χ1n) is 10.4. The number of aromatic amines is 1. The number of para-hydroxylation sites is 1. The molecule has 2 heterocycles. The van der Waals surface area contributed by atoms with Gasteiger partial charge in [0.25, 0.3) is 5.91 Å². The second-order valence-electron chi connectivity index (χ2n) is 8.05. The normalized spacial score (nSPS) is 14.9. The van der Waals surface area contributed by atoms with Gasteiger partial charge >= 0.3 is 0 Å². The van der Waals surface area contributed by atoms with Gasteiger partial charge in [-0.2, -0.15) is 5.26 Å². The lowest BCUT2D eigenvalue weighted by Gasteiger charge is -2.31. The maximum Gasteiger partial charge on any atom is 0.264 e. The number of hydrogen-bond donors (Lipinski definition) is 1. The van der Waals surface area contributed by atoms with Gasteiger partial charge in [0.05, 0.1) is 5.56 Å². The molecule has 0 bridgehead atoms. The number of nitrogens with zero attached hydrogens (tertiary/aromatic N) is 2. The molecule has 5 nitrogen and oxygen atoms in total. The highest BCUT2D eigenvalue weighted by atomic mass is 19.1. The van der Waals surface area contributed by atoms with Gasteiger partial charge in [0, 0.05) is 35.8 Å². The Bertz CT molecular complexity index is 1190. The summed E-state index contributed by atoms with van der Waals surface area (Å²) in [7, 11) is 0. The molecule has 0 saturated carbocycles. The second kappa shape index (κ2) is 8.65. The molecule has 1 unspecified atom stereocenters. The summed E-state index contributed by atoms with van der Waals surface area (Å²) in [5.74, 6) is 0.0245. The lowest BCUT2D eigenvalue weighted by Crippen LogP contribution is -2.46. The molecule has 0 fully saturated rings. The van der Waals surface area contributed by atoms with E-state index in [1.165, 1.54) is 12.1 Å². The van der Waals surface area contributed by atoms with E-state index in [0.29, 0.717) is 30.8 Å². The Balaban J connectivity index is 1.51. The predicted molar refractivity (Wildman–Crippen MR) is 118 cm³/mol. The van der Waals surface area contributed by atoms with Crippen LogP contribution in [0.5, 0.6) is 5.75 Å². The van der Waals surface area contributed by atoms with Crippen molar-refractivity contribution in [2.75, 3.05) is 13.1 Å². The fourth-order valence-electron chi connectivity index (χ4n) is 3.93. The Morgan fingerprint density at radius 1 is 1.26 bits per heavy atom. The summed E-state index contributed by atoms with van der Waals surface area (Å²) in [6, 6.07) is 13.8. The molecule has 158 valence electrons. The van der Waals surface area contributed by atoms with Crippen molar-refractivity contribution in [2.24, 2.45) is 5.92 Å². The van der Waals surface area contributed by atoms with Crippen LogP contribution in [0.25, 0.3) is 16.5 Å². The number of halogens is 1. The van der Waals surface area contributed by atoms with E-state index in [9.17, 15) is 14.4 Å². The number of fused-ring (bicyclic) bond motifs is 1. The molecule has 1 aromatic heterocycles. The van der Waals surface area contributed by atoms with Crippen LogP contribution in [0.2, 0.25) is 0 Å². The molecule has 31 heavy (non-hydrogen) atoms. The molecule has 3 aromatic rings. The summed E-state index contributed by atoms with van der Waals surface area (Å²) in [6.07, 6.45) is 3.98. The molecule has 0 aliphatic carbocycles. The van der Waals surface area contributed by atoms with E-state index >= 15 is 0 Å². The van der Waals surface area contributed by atoms with Crippen LogP contribution in [0, 0.1) is 23.1 Å². The molecule has 1 aliphatic heterocycles. The largest absolute Gasteiger partial charge is 0.479 e. The number of rotatable bonds is 5. The molecular weight excluding hydrogens is 393 g/mol. The Morgan fingerprint density at radius 2 is 2.06 bits per heavy atom. The van der Waals surface area contributed by atoms with Crippen molar-refractivity contribution >= 4 is 22.4 Å². The van der Waals surface area contributed by atoms with Crippen LogP contribution in [0.4, 0.5) is 4.39 Å². The van der Waals surface area contributed by atoms with Gasteiger partial charge in [-0.3, -0.25) is 4.79 Å². The fourth-order valence-corrected chi connectivity index (χ4v) is 3.93. The Morgan fingerprint density at radius 3 is 2.77 bits per heavy atom. The molecule has 6 heteroatoms. The average Bonchev–Trinajstić information content (AvgIpc) is 3.20. The summed E-state index contributed by atoms with van der Waals surface area (Å²) in [5, 5.41) is 10.3. The van der Waals surface area contributed by atoms with Crippen molar-refractivity contribution in [2.45, 2.75) is 26.4 Å². The molecular formula is C25H24FN3O2. The van der Waals surface area contributed by atoms with Crippen LogP contribution in [0.15, 0.2) is 54.7 Å². The van der Waals surface area contributed by atoms with E-state index in [1.807, 2.05) is 26.1 Å². The minimum atomic E-state index is -0.666. The maximum atomic E-state index is 13.5. The first-order chi connectivity index (χ1) is 15.0. The van der Waals surface area contributed by atoms with Crippen molar-refractivity contribution < 1.29 is 13.9 Å². The average molecular weight is 417 g/mol. The lowest BCUT2D eigenvalue weighted by atomic mass is 9.97. The molecule has 1 atom stereocenters. The number of nitrogens with one attached hydrogen (secondary N) is 1. The SMILES string of the molecule is CC(C)C(Oc1ccccc1C#N)C(=O)N1CC=C(c2c[nH]c3cc(F)ccc23)CC1. The third-order valence-corrected chi connectivity index (χ3v) is 5.62. The highest BCUT2D eigenvalue weighted by Gasteiger charge is 2.30. The zero-order valence-corrected chi connectivity index (χ0v) is 17.6. The van der Waals surface area contributed by atoms with Gasteiger partial charge in [-0.1, -0.05) is 32.1 Å². The smallest absolute Gasteiger partial charge is 0.264 e. The first-order valence-corrected chi connectivity index (χ1v) is 10.4. The second-order valence-corrected chi connectivity index (χ2v) is 8.05. The zero-order chi connectivity index (χ0) is 22.0. The van der Waals surface area contributed by atoms with Gasteiger partial charge in [0.1, 0.15) is 17.6 Å². The molecule has 2 aromatic carbocycles. The van der Waals surface area contributed by atoms with Crippen molar-refractivity contribution in [3.63, 3.8) is 0 Å². The molecule has 1 N–H and O–H groups in total. The van der Waals surface area contributed by atoms with E-state index in [1.54, 1.807) is 35.2 Å². The summed E-state index contributed by atoms with van der Waals surface area (Å²) in [5.41, 5.74) is 3.36. The Hall–Kier alpha value is -3.59. The monoisotopic (exact) mass is 417 g/mol. The summed E-state index contributed by atoms with van der Waals surface area (Å²) in [6.45, 7) is 4.93. The number of nitriles is 1. The number of amides is 1. The van der Waals surface area contributed by atoms with Crippen molar-refractivity contribution in [1.29, 1.82) is 5.26 Å². The quantitative estimate of drug-likeness (QED) is 0.642. The number of ether oxygens (including phenoxy) is 1. The van der Waals surface area contributed by atoms with E-state index < -0.39 is 6.10 Å². The molecule has 0 radical (unpaired) electrons. The van der Waals surface area contributed by atoms with E-state index in [2.05, 4.69) is 11.1 Å². The van der Waals surface area contributed by atoms with Crippen LogP contribution in [0.1, 0.15) is 31.4 Å². The van der Waals surface area contributed by atoms with Gasteiger partial charge in [0.2, 0.25) is 0 Å². The number of carbonyl (C=O) groups is 1. The van der Waals surface area contributed by atoms with Crippen LogP contribution in [0.3, 0.4) is 0 Å². The Kier molecular flexibility index (Phi) is 5.77.